The van der Waals surface area contributed by atoms with Crippen molar-refractivity contribution in [2.24, 2.45) is 17.6 Å². The van der Waals surface area contributed by atoms with E-state index in [1.165, 1.54) is 6.07 Å². The van der Waals surface area contributed by atoms with Crippen LogP contribution in [0.1, 0.15) is 34.3 Å². The number of aromatic carboxylic acids is 1. The first kappa shape index (κ1) is 19.6. The molecule has 4 rings (SSSR count). The van der Waals surface area contributed by atoms with Crippen LogP contribution in [0.5, 0.6) is 5.75 Å². The lowest BCUT2D eigenvalue weighted by Gasteiger charge is -2.46. The van der Waals surface area contributed by atoms with Crippen molar-refractivity contribution in [1.82, 2.24) is 0 Å². The van der Waals surface area contributed by atoms with Gasteiger partial charge in [-0.1, -0.05) is 0 Å². The maximum absolute atomic E-state index is 13.2. The summed E-state index contributed by atoms with van der Waals surface area (Å²) in [5, 5.41) is 51.9. The highest BCUT2D eigenvalue weighted by Crippen LogP contribution is 2.52. The van der Waals surface area contributed by atoms with E-state index in [-0.39, 0.29) is 35.1 Å². The molecule has 10 nitrogen and oxygen atoms in total. The molecule has 3 aliphatic carbocycles. The third kappa shape index (κ3) is 2.34. The minimum Gasteiger partial charge on any atom is -0.508 e. The number of carboxylic acid groups (broad SMARTS) is 1. The molecule has 0 heterocycles. The Labute approximate surface area is 168 Å². The Hall–Kier alpha value is -3.66. The van der Waals surface area contributed by atoms with Gasteiger partial charge < -0.3 is 31.3 Å². The Morgan fingerprint density at radius 2 is 1.77 bits per heavy atom. The number of hydrogen-bond donors (Lipinski definition) is 6. The van der Waals surface area contributed by atoms with Crippen LogP contribution in [0.15, 0.2) is 29.0 Å². The molecule has 1 fully saturated rings. The first-order valence-corrected chi connectivity index (χ1v) is 9.05. The second-order valence-electron chi connectivity index (χ2n) is 7.70. The number of hydrogen-bond acceptors (Lipinski definition) is 8. The van der Waals surface area contributed by atoms with Crippen molar-refractivity contribution in [3.05, 3.63) is 45.7 Å². The van der Waals surface area contributed by atoms with Crippen LogP contribution in [0.2, 0.25) is 0 Å². The fourth-order valence-electron chi connectivity index (χ4n) is 4.82. The summed E-state index contributed by atoms with van der Waals surface area (Å²) >= 11 is 0. The van der Waals surface area contributed by atoms with Gasteiger partial charge in [-0.2, -0.15) is 0 Å². The highest BCUT2D eigenvalue weighted by molar-refractivity contribution is 6.22. The molecule has 7 N–H and O–H groups in total. The van der Waals surface area contributed by atoms with Gasteiger partial charge in [-0.05, 0) is 36.5 Å². The normalized spacial score (nSPS) is 28.0. The van der Waals surface area contributed by atoms with Crippen LogP contribution in [0.3, 0.4) is 0 Å². The lowest BCUT2D eigenvalue weighted by Crippen LogP contribution is -2.58. The molecular weight excluding hydrogens is 398 g/mol. The number of amides is 1. The van der Waals surface area contributed by atoms with Gasteiger partial charge in [0, 0.05) is 17.9 Å². The second kappa shape index (κ2) is 6.17. The molecule has 1 amide bonds. The number of phenols is 1. The summed E-state index contributed by atoms with van der Waals surface area (Å²) in [5.74, 6) is -8.75. The van der Waals surface area contributed by atoms with Crippen molar-refractivity contribution < 1.29 is 44.7 Å². The third-order valence-electron chi connectivity index (χ3n) is 6.18. The molecule has 3 atom stereocenters. The number of aromatic hydroxyl groups is 1. The molecule has 1 aromatic rings. The van der Waals surface area contributed by atoms with E-state index in [2.05, 4.69) is 0 Å². The predicted octanol–water partition coefficient (Wildman–Crippen LogP) is 0.122. The molecule has 156 valence electrons. The summed E-state index contributed by atoms with van der Waals surface area (Å²) in [6.07, 6.45) is -0.546. The molecule has 0 aliphatic heterocycles. The number of carbonyl (C=O) groups excluding carboxylic acids is 3. The third-order valence-corrected chi connectivity index (χ3v) is 6.18. The number of fused-ring (bicyclic) bond motifs is 3. The van der Waals surface area contributed by atoms with Crippen molar-refractivity contribution in [1.29, 1.82) is 0 Å². The number of rotatable bonds is 2. The van der Waals surface area contributed by atoms with Gasteiger partial charge in [0.1, 0.15) is 22.8 Å². The molecule has 0 bridgehead atoms. The number of phenolic OH excluding ortho intramolecular Hbond substituents is 1. The van der Waals surface area contributed by atoms with E-state index in [0.29, 0.717) is 0 Å². The summed E-state index contributed by atoms with van der Waals surface area (Å²) in [6.45, 7) is 0. The zero-order chi connectivity index (χ0) is 22.1. The van der Waals surface area contributed by atoms with Crippen molar-refractivity contribution in [3.8, 4) is 5.75 Å². The molecule has 0 aromatic heterocycles. The minimum atomic E-state index is -2.64. The lowest BCUT2D eigenvalue weighted by atomic mass is 9.59. The fraction of sp³-hybridized carbons (Fsp3) is 0.300. The van der Waals surface area contributed by atoms with Gasteiger partial charge in [-0.3, -0.25) is 14.4 Å². The van der Waals surface area contributed by atoms with E-state index in [1.807, 2.05) is 0 Å². The maximum atomic E-state index is 13.2. The molecule has 3 aliphatic rings. The summed E-state index contributed by atoms with van der Waals surface area (Å²) in [4.78, 5) is 48.6. The van der Waals surface area contributed by atoms with Crippen molar-refractivity contribution in [2.75, 3.05) is 0 Å². The molecule has 0 spiro atoms. The summed E-state index contributed by atoms with van der Waals surface area (Å²) < 4.78 is 0. The van der Waals surface area contributed by atoms with E-state index >= 15 is 0 Å². The van der Waals surface area contributed by atoms with E-state index in [0.717, 1.165) is 6.07 Å². The zero-order valence-corrected chi connectivity index (χ0v) is 15.4. The minimum absolute atomic E-state index is 0.0512. The molecule has 1 aromatic carbocycles. The van der Waals surface area contributed by atoms with Crippen LogP contribution in [0.25, 0.3) is 5.76 Å². The molecule has 0 unspecified atom stereocenters. The van der Waals surface area contributed by atoms with Crippen LogP contribution in [0, 0.1) is 11.8 Å². The summed E-state index contributed by atoms with van der Waals surface area (Å²) in [7, 11) is 0. The van der Waals surface area contributed by atoms with Crippen LogP contribution in [-0.4, -0.2) is 54.6 Å². The van der Waals surface area contributed by atoms with Crippen LogP contribution in [0.4, 0.5) is 0 Å². The van der Waals surface area contributed by atoms with Gasteiger partial charge in [-0.15, -0.1) is 0 Å². The number of nitrogens with two attached hydrogens (primary N) is 1. The molecule has 1 saturated carbocycles. The Kier molecular flexibility index (Phi) is 4.04. The Balaban J connectivity index is 1.96. The Morgan fingerprint density at radius 1 is 1.10 bits per heavy atom. The van der Waals surface area contributed by atoms with Gasteiger partial charge in [0.25, 0.3) is 5.91 Å². The van der Waals surface area contributed by atoms with E-state index in [1.54, 1.807) is 0 Å². The number of ketones is 2. The Morgan fingerprint density at radius 3 is 2.37 bits per heavy atom. The number of Topliss-reactive ketones (excluding diaryl/α,β-unsaturated/α-hetero) is 2. The smallest absolute Gasteiger partial charge is 0.335 e. The number of carbonyl (C=O) groups is 4. The van der Waals surface area contributed by atoms with Gasteiger partial charge in [0.05, 0.1) is 11.1 Å². The molecule has 0 saturated heterocycles. The number of benzene rings is 1. The van der Waals surface area contributed by atoms with Crippen molar-refractivity contribution >= 4 is 29.2 Å². The fourth-order valence-corrected chi connectivity index (χ4v) is 4.82. The zero-order valence-electron chi connectivity index (χ0n) is 15.4. The van der Waals surface area contributed by atoms with Gasteiger partial charge in [0.15, 0.2) is 11.4 Å². The van der Waals surface area contributed by atoms with Gasteiger partial charge >= 0.3 is 5.97 Å². The van der Waals surface area contributed by atoms with Crippen LogP contribution < -0.4 is 5.73 Å². The molecule has 0 radical (unpaired) electrons. The van der Waals surface area contributed by atoms with E-state index in [9.17, 15) is 44.7 Å². The highest BCUT2D eigenvalue weighted by Gasteiger charge is 2.60. The predicted molar refractivity (Wildman–Crippen MR) is 98.3 cm³/mol. The Bertz CT molecular complexity index is 1130. The second-order valence-corrected chi connectivity index (χ2v) is 7.70. The topological polar surface area (TPSA) is 195 Å². The van der Waals surface area contributed by atoms with Crippen molar-refractivity contribution in [3.63, 3.8) is 0 Å². The number of aliphatic hydroxyl groups excluding tert-OH is 2. The monoisotopic (exact) mass is 415 g/mol. The quantitative estimate of drug-likeness (QED) is 0.364. The lowest BCUT2D eigenvalue weighted by molar-refractivity contribution is -0.147. The first-order valence-electron chi connectivity index (χ1n) is 9.05. The molecule has 30 heavy (non-hydrogen) atoms. The van der Waals surface area contributed by atoms with E-state index in [4.69, 9.17) is 5.73 Å². The van der Waals surface area contributed by atoms with Crippen LogP contribution in [-0.2, 0) is 20.8 Å². The number of carboxylic acids is 1. The van der Waals surface area contributed by atoms with E-state index < -0.39 is 70.1 Å². The van der Waals surface area contributed by atoms with Gasteiger partial charge in [0.2, 0.25) is 5.78 Å². The molecular formula is C20H17NO9. The summed E-state index contributed by atoms with van der Waals surface area (Å²) in [5.41, 5.74) is 0.987. The average Bonchev–Trinajstić information content (AvgIpc) is 2.64. The first-order chi connectivity index (χ1) is 14.0. The standard InChI is InChI=1S/C20H17NO9/c21-18(27)14-11(23)5-7-3-6-4-9-8(19(28)29)1-2-10(22)13(9)15(24)12(6)16(25)20(7,30)17(14)26/h1-2,6-7,22,24,26,30H,3-5H2,(H2,21,27)(H,28,29)/t6-,7+,20+/m1/s1. The summed E-state index contributed by atoms with van der Waals surface area (Å²) in [6, 6.07) is 2.24. The average molecular weight is 415 g/mol. The highest BCUT2D eigenvalue weighted by atomic mass is 16.4. The van der Waals surface area contributed by atoms with Gasteiger partial charge in [-0.25, -0.2) is 4.79 Å². The van der Waals surface area contributed by atoms with Crippen molar-refractivity contribution in [2.45, 2.75) is 24.9 Å². The SMILES string of the molecule is NC(=O)C1=C(O)[C@@]2(O)C(=O)C3=C(O)c4c(O)ccc(C(=O)O)c4C[C@H]3C[C@H]2CC1=O. The molecule has 10 heteroatoms. The maximum Gasteiger partial charge on any atom is 0.335 e. The van der Waals surface area contributed by atoms with Crippen LogP contribution >= 0.6 is 0 Å². The largest absolute Gasteiger partial charge is 0.508 e. The number of aliphatic hydroxyl groups is 3. The number of primary amides is 1.